The molecule has 0 aliphatic rings. The molecule has 1 amide bonds. The number of hydrogen-bond donors (Lipinski definition) is 0. The topological polar surface area (TPSA) is 63.5 Å². The first kappa shape index (κ1) is 15.1. The van der Waals surface area contributed by atoms with Crippen LogP contribution in [-0.4, -0.2) is 28.8 Å². The number of carbonyl (C=O) groups is 1. The summed E-state index contributed by atoms with van der Waals surface area (Å²) in [5, 5.41) is 10.5. The van der Waals surface area contributed by atoms with E-state index < -0.39 is 4.92 Å². The van der Waals surface area contributed by atoms with Crippen LogP contribution >= 0.6 is 0 Å². The Bertz CT molecular complexity index is 425. The van der Waals surface area contributed by atoms with Crippen LogP contribution in [0.15, 0.2) is 24.3 Å². The van der Waals surface area contributed by atoms with Crippen LogP contribution in [0.25, 0.3) is 0 Å². The number of aryl methyl sites for hydroxylation is 1. The molecule has 0 heterocycles. The average molecular weight is 264 g/mol. The molecule has 0 saturated carbocycles. The summed E-state index contributed by atoms with van der Waals surface area (Å²) in [6.07, 6.45) is 2.07. The van der Waals surface area contributed by atoms with E-state index in [9.17, 15) is 14.9 Å². The summed E-state index contributed by atoms with van der Waals surface area (Å²) in [4.78, 5) is 23.7. The molecule has 0 aliphatic heterocycles. The number of hydrogen-bond acceptors (Lipinski definition) is 3. The minimum absolute atomic E-state index is 0.1000. The third-order valence-electron chi connectivity index (χ3n) is 3.12. The fraction of sp³-hybridized carbons (Fsp3) is 0.500. The van der Waals surface area contributed by atoms with Crippen molar-refractivity contribution in [2.45, 2.75) is 33.1 Å². The Morgan fingerprint density at radius 1 is 1.21 bits per heavy atom. The van der Waals surface area contributed by atoms with Crippen molar-refractivity contribution in [3.8, 4) is 0 Å². The molecule has 5 nitrogen and oxygen atoms in total. The number of benzene rings is 1. The molecule has 5 heteroatoms. The van der Waals surface area contributed by atoms with Gasteiger partial charge in [0.15, 0.2) is 0 Å². The molecule has 0 unspecified atom stereocenters. The number of nitro groups is 1. The fourth-order valence-corrected chi connectivity index (χ4v) is 1.96. The maximum absolute atomic E-state index is 11.8. The largest absolute Gasteiger partial charge is 0.343 e. The summed E-state index contributed by atoms with van der Waals surface area (Å²) < 4.78 is 0. The third-order valence-corrected chi connectivity index (χ3v) is 3.12. The van der Waals surface area contributed by atoms with Gasteiger partial charge in [-0.05, 0) is 32.3 Å². The molecule has 0 fully saturated rings. The highest BCUT2D eigenvalue weighted by Gasteiger charge is 2.09. The predicted molar refractivity (Wildman–Crippen MR) is 74.0 cm³/mol. The van der Waals surface area contributed by atoms with Crippen molar-refractivity contribution in [2.24, 2.45) is 0 Å². The van der Waals surface area contributed by atoms with Crippen LogP contribution in [0.2, 0.25) is 0 Å². The smallest absolute Gasteiger partial charge is 0.269 e. The van der Waals surface area contributed by atoms with Crippen LogP contribution in [0.1, 0.15) is 32.3 Å². The Kier molecular flexibility index (Phi) is 5.99. The summed E-state index contributed by atoms with van der Waals surface area (Å²) >= 11 is 0. The molecule has 0 bridgehead atoms. The Balaban J connectivity index is 2.41. The SMILES string of the molecule is CCN(CC)C(=O)CCCc1ccc([N+](=O)[O-])cc1. The monoisotopic (exact) mass is 264 g/mol. The second-order valence-electron chi connectivity index (χ2n) is 4.34. The number of rotatable bonds is 7. The zero-order valence-corrected chi connectivity index (χ0v) is 11.5. The first-order chi connectivity index (χ1) is 9.08. The molecular formula is C14H20N2O3. The zero-order chi connectivity index (χ0) is 14.3. The fourth-order valence-electron chi connectivity index (χ4n) is 1.96. The Morgan fingerprint density at radius 3 is 2.26 bits per heavy atom. The highest BCUT2D eigenvalue weighted by Crippen LogP contribution is 2.13. The van der Waals surface area contributed by atoms with Gasteiger partial charge in [0.25, 0.3) is 5.69 Å². The number of carbonyl (C=O) groups excluding carboxylic acids is 1. The Hall–Kier alpha value is -1.91. The van der Waals surface area contributed by atoms with E-state index in [0.717, 1.165) is 31.5 Å². The van der Waals surface area contributed by atoms with Gasteiger partial charge in [0.05, 0.1) is 4.92 Å². The van der Waals surface area contributed by atoms with Crippen LogP contribution in [0.5, 0.6) is 0 Å². The van der Waals surface area contributed by atoms with Crippen molar-refractivity contribution in [1.82, 2.24) is 4.90 Å². The first-order valence-electron chi connectivity index (χ1n) is 6.59. The normalized spacial score (nSPS) is 10.2. The minimum Gasteiger partial charge on any atom is -0.343 e. The molecule has 1 rings (SSSR count). The van der Waals surface area contributed by atoms with Gasteiger partial charge < -0.3 is 4.90 Å². The van der Waals surface area contributed by atoms with Crippen LogP contribution < -0.4 is 0 Å². The van der Waals surface area contributed by atoms with Gasteiger partial charge in [0.2, 0.25) is 5.91 Å². The number of non-ortho nitro benzene ring substituents is 1. The maximum atomic E-state index is 11.8. The molecular weight excluding hydrogens is 244 g/mol. The highest BCUT2D eigenvalue weighted by atomic mass is 16.6. The van der Waals surface area contributed by atoms with Gasteiger partial charge in [-0.3, -0.25) is 14.9 Å². The van der Waals surface area contributed by atoms with Crippen LogP contribution in [0, 0.1) is 10.1 Å². The molecule has 0 aromatic heterocycles. The minimum atomic E-state index is -0.409. The molecule has 0 spiro atoms. The maximum Gasteiger partial charge on any atom is 0.269 e. The van der Waals surface area contributed by atoms with E-state index in [-0.39, 0.29) is 11.6 Å². The second kappa shape index (κ2) is 7.51. The van der Waals surface area contributed by atoms with Crippen molar-refractivity contribution < 1.29 is 9.72 Å². The lowest BCUT2D eigenvalue weighted by Gasteiger charge is -2.18. The number of amides is 1. The number of nitrogens with zero attached hydrogens (tertiary/aromatic N) is 2. The molecule has 19 heavy (non-hydrogen) atoms. The van der Waals surface area contributed by atoms with Crippen molar-refractivity contribution in [2.75, 3.05) is 13.1 Å². The third kappa shape index (κ3) is 4.69. The molecule has 0 aliphatic carbocycles. The molecule has 1 aromatic rings. The van der Waals surface area contributed by atoms with Gasteiger partial charge in [-0.1, -0.05) is 12.1 Å². The van der Waals surface area contributed by atoms with E-state index in [1.165, 1.54) is 12.1 Å². The van der Waals surface area contributed by atoms with Crippen molar-refractivity contribution in [3.63, 3.8) is 0 Å². The lowest BCUT2D eigenvalue weighted by Crippen LogP contribution is -2.30. The highest BCUT2D eigenvalue weighted by molar-refractivity contribution is 5.76. The first-order valence-corrected chi connectivity index (χ1v) is 6.59. The summed E-state index contributed by atoms with van der Waals surface area (Å²) in [6, 6.07) is 6.50. The molecule has 1 aromatic carbocycles. The lowest BCUT2D eigenvalue weighted by molar-refractivity contribution is -0.384. The summed E-state index contributed by atoms with van der Waals surface area (Å²) in [6.45, 7) is 5.43. The van der Waals surface area contributed by atoms with Gasteiger partial charge in [0, 0.05) is 31.6 Å². The van der Waals surface area contributed by atoms with Crippen molar-refractivity contribution in [1.29, 1.82) is 0 Å². The van der Waals surface area contributed by atoms with Crippen molar-refractivity contribution >= 4 is 11.6 Å². The zero-order valence-electron chi connectivity index (χ0n) is 11.5. The second-order valence-corrected chi connectivity index (χ2v) is 4.34. The quantitative estimate of drug-likeness (QED) is 0.562. The van der Waals surface area contributed by atoms with E-state index in [1.54, 1.807) is 12.1 Å². The van der Waals surface area contributed by atoms with Gasteiger partial charge in [-0.2, -0.15) is 0 Å². The molecule has 0 saturated heterocycles. The van der Waals surface area contributed by atoms with Gasteiger partial charge in [-0.25, -0.2) is 0 Å². The van der Waals surface area contributed by atoms with Crippen LogP contribution in [0.4, 0.5) is 5.69 Å². The van der Waals surface area contributed by atoms with E-state index in [2.05, 4.69) is 0 Å². The number of nitro benzene ring substituents is 1. The Morgan fingerprint density at radius 2 is 1.79 bits per heavy atom. The molecule has 0 radical (unpaired) electrons. The molecule has 104 valence electrons. The van der Waals surface area contributed by atoms with Gasteiger partial charge in [-0.15, -0.1) is 0 Å². The van der Waals surface area contributed by atoms with E-state index in [4.69, 9.17) is 0 Å². The predicted octanol–water partition coefficient (Wildman–Crippen LogP) is 2.79. The standard InChI is InChI=1S/C14H20N2O3/c1-3-15(4-2)14(17)7-5-6-12-8-10-13(11-9-12)16(18)19/h8-11H,3-7H2,1-2H3. The average Bonchev–Trinajstić information content (AvgIpc) is 2.40. The lowest BCUT2D eigenvalue weighted by atomic mass is 10.1. The van der Waals surface area contributed by atoms with E-state index in [0.29, 0.717) is 6.42 Å². The van der Waals surface area contributed by atoms with Gasteiger partial charge in [0.1, 0.15) is 0 Å². The van der Waals surface area contributed by atoms with Crippen LogP contribution in [-0.2, 0) is 11.2 Å². The summed E-state index contributed by atoms with van der Waals surface area (Å²) in [7, 11) is 0. The summed E-state index contributed by atoms with van der Waals surface area (Å²) in [5.41, 5.74) is 1.13. The Labute approximate surface area is 113 Å². The van der Waals surface area contributed by atoms with E-state index in [1.807, 2.05) is 18.7 Å². The van der Waals surface area contributed by atoms with Gasteiger partial charge >= 0.3 is 0 Å². The van der Waals surface area contributed by atoms with Crippen LogP contribution in [0.3, 0.4) is 0 Å². The summed E-state index contributed by atoms with van der Waals surface area (Å²) in [5.74, 6) is 0.173. The van der Waals surface area contributed by atoms with E-state index >= 15 is 0 Å². The molecule has 0 N–H and O–H groups in total. The van der Waals surface area contributed by atoms with Crippen molar-refractivity contribution in [3.05, 3.63) is 39.9 Å². The molecule has 0 atom stereocenters.